The van der Waals surface area contributed by atoms with E-state index in [1.165, 1.54) is 11.0 Å². The Kier molecular flexibility index (Phi) is 4.71. The van der Waals surface area contributed by atoms with Crippen LogP contribution in [0, 0.1) is 5.82 Å². The molecule has 24 heavy (non-hydrogen) atoms. The lowest BCUT2D eigenvalue weighted by Crippen LogP contribution is -2.51. The van der Waals surface area contributed by atoms with Crippen LogP contribution in [0.25, 0.3) is 0 Å². The predicted molar refractivity (Wildman–Crippen MR) is 89.1 cm³/mol. The Morgan fingerprint density at radius 2 is 1.75 bits per heavy atom. The molecule has 0 atom stereocenters. The van der Waals surface area contributed by atoms with Gasteiger partial charge in [-0.15, -0.1) is 0 Å². The highest BCUT2D eigenvalue weighted by atomic mass is 19.1. The molecule has 1 aromatic carbocycles. The maximum absolute atomic E-state index is 13.9. The first-order valence-corrected chi connectivity index (χ1v) is 8.30. The molecule has 3 amide bonds. The second kappa shape index (κ2) is 6.76. The van der Waals surface area contributed by atoms with Crippen LogP contribution < -0.4 is 4.90 Å². The number of hydrogen-bond donors (Lipinski definition) is 0. The van der Waals surface area contributed by atoms with Crippen LogP contribution in [-0.2, 0) is 4.79 Å². The molecule has 0 radical (unpaired) electrons. The van der Waals surface area contributed by atoms with Crippen molar-refractivity contribution in [1.29, 1.82) is 0 Å². The van der Waals surface area contributed by atoms with E-state index in [2.05, 4.69) is 4.90 Å². The molecule has 2 aliphatic rings. The average molecular weight is 334 g/mol. The highest BCUT2D eigenvalue weighted by Gasteiger charge is 2.38. The summed E-state index contributed by atoms with van der Waals surface area (Å²) in [4.78, 5) is 31.3. The second-order valence-corrected chi connectivity index (χ2v) is 6.54. The monoisotopic (exact) mass is 334 g/mol. The fourth-order valence-corrected chi connectivity index (χ4v) is 3.27. The fourth-order valence-electron chi connectivity index (χ4n) is 3.27. The number of urea groups is 1. The maximum Gasteiger partial charge on any atom is 0.328 e. The number of carbonyl (C=O) groups is 2. The summed E-state index contributed by atoms with van der Waals surface area (Å²) >= 11 is 0. The van der Waals surface area contributed by atoms with Gasteiger partial charge in [0.05, 0.1) is 12.4 Å². The molecule has 0 aliphatic carbocycles. The van der Waals surface area contributed by atoms with Crippen molar-refractivity contribution in [3.05, 3.63) is 30.1 Å². The largest absolute Gasteiger partial charge is 0.367 e. The molecular weight excluding hydrogens is 311 g/mol. The summed E-state index contributed by atoms with van der Waals surface area (Å²) < 4.78 is 13.9. The zero-order valence-electron chi connectivity index (χ0n) is 14.1. The Morgan fingerprint density at radius 1 is 1.08 bits per heavy atom. The highest BCUT2D eigenvalue weighted by molar-refractivity contribution is 6.02. The van der Waals surface area contributed by atoms with E-state index in [1.54, 1.807) is 17.0 Å². The molecule has 1 aromatic rings. The van der Waals surface area contributed by atoms with Gasteiger partial charge >= 0.3 is 6.03 Å². The maximum atomic E-state index is 13.9. The topological polar surface area (TPSA) is 47.1 Å². The molecule has 6 nitrogen and oxygen atoms in total. The molecule has 0 unspecified atom stereocenters. The zero-order chi connectivity index (χ0) is 17.3. The molecule has 3 rings (SSSR count). The molecule has 7 heteroatoms. The highest BCUT2D eigenvalue weighted by Crippen LogP contribution is 2.21. The second-order valence-electron chi connectivity index (χ2n) is 6.54. The number of para-hydroxylation sites is 1. The number of halogens is 1. The summed E-state index contributed by atoms with van der Waals surface area (Å²) in [5.41, 5.74) is 0.621. The number of amides is 3. The molecule has 2 fully saturated rings. The number of benzene rings is 1. The van der Waals surface area contributed by atoms with E-state index in [-0.39, 0.29) is 30.3 Å². The molecule has 130 valence electrons. The van der Waals surface area contributed by atoms with E-state index in [1.807, 2.05) is 24.8 Å². The Bertz CT molecular complexity index is 629. The number of imide groups is 1. The molecule has 0 aromatic heterocycles. The van der Waals surface area contributed by atoms with Gasteiger partial charge < -0.3 is 9.80 Å². The van der Waals surface area contributed by atoms with Crippen LogP contribution in [-0.4, -0.2) is 72.1 Å². The van der Waals surface area contributed by atoms with Crippen LogP contribution in [0.3, 0.4) is 0 Å². The number of piperazine rings is 1. The number of rotatable bonds is 4. The van der Waals surface area contributed by atoms with Crippen molar-refractivity contribution in [1.82, 2.24) is 14.7 Å². The Balaban J connectivity index is 1.56. The van der Waals surface area contributed by atoms with Gasteiger partial charge in [-0.25, -0.2) is 9.18 Å². The zero-order valence-corrected chi connectivity index (χ0v) is 14.1. The minimum atomic E-state index is -0.216. The summed E-state index contributed by atoms with van der Waals surface area (Å²) in [6.07, 6.45) is 0. The lowest BCUT2D eigenvalue weighted by atomic mass is 10.2. The van der Waals surface area contributed by atoms with Crippen molar-refractivity contribution in [2.75, 3.05) is 44.3 Å². The van der Waals surface area contributed by atoms with Crippen molar-refractivity contribution in [3.8, 4) is 0 Å². The van der Waals surface area contributed by atoms with E-state index < -0.39 is 0 Å². The van der Waals surface area contributed by atoms with E-state index >= 15 is 0 Å². The third-order valence-electron chi connectivity index (χ3n) is 4.52. The number of carbonyl (C=O) groups excluding carboxylic acids is 2. The molecule has 2 saturated heterocycles. The van der Waals surface area contributed by atoms with Crippen LogP contribution in [0.1, 0.15) is 13.8 Å². The van der Waals surface area contributed by atoms with Gasteiger partial charge in [0.15, 0.2) is 0 Å². The van der Waals surface area contributed by atoms with Crippen LogP contribution in [0.5, 0.6) is 0 Å². The first-order valence-electron chi connectivity index (χ1n) is 8.30. The van der Waals surface area contributed by atoms with Gasteiger partial charge in [0, 0.05) is 32.2 Å². The van der Waals surface area contributed by atoms with Gasteiger partial charge in [-0.1, -0.05) is 12.1 Å². The van der Waals surface area contributed by atoms with Gasteiger partial charge in [0.1, 0.15) is 12.4 Å². The lowest BCUT2D eigenvalue weighted by Gasteiger charge is -2.37. The standard InChI is InChI=1S/C17H23FN4O2/c1-13(2)22-16(23)11-21(17(22)24)12-19-7-9-20(10-8-19)15-6-4-3-5-14(15)18/h3-6,13H,7-12H2,1-2H3. The quantitative estimate of drug-likeness (QED) is 0.785. The SMILES string of the molecule is CC(C)N1C(=O)CN(CN2CCN(c3ccccc3F)CC2)C1=O. The van der Waals surface area contributed by atoms with Crippen molar-refractivity contribution in [3.63, 3.8) is 0 Å². The van der Waals surface area contributed by atoms with Crippen molar-refractivity contribution >= 4 is 17.6 Å². The molecule has 0 saturated carbocycles. The van der Waals surface area contributed by atoms with E-state index in [0.29, 0.717) is 25.4 Å². The number of nitrogens with zero attached hydrogens (tertiary/aromatic N) is 4. The van der Waals surface area contributed by atoms with Gasteiger partial charge in [0.2, 0.25) is 0 Å². The van der Waals surface area contributed by atoms with Crippen LogP contribution in [0.15, 0.2) is 24.3 Å². The predicted octanol–water partition coefficient (Wildman–Crippen LogP) is 1.58. The molecule has 2 heterocycles. The normalized spacial score (nSPS) is 19.8. The average Bonchev–Trinajstić information content (AvgIpc) is 2.83. The summed E-state index contributed by atoms with van der Waals surface area (Å²) in [6, 6.07) is 6.44. The van der Waals surface area contributed by atoms with Crippen molar-refractivity contribution in [2.24, 2.45) is 0 Å². The van der Waals surface area contributed by atoms with Gasteiger partial charge in [0.25, 0.3) is 5.91 Å². The fraction of sp³-hybridized carbons (Fsp3) is 0.529. The van der Waals surface area contributed by atoms with Gasteiger partial charge in [-0.3, -0.25) is 14.6 Å². The molecule has 0 bridgehead atoms. The molecular formula is C17H23FN4O2. The smallest absolute Gasteiger partial charge is 0.328 e. The number of anilines is 1. The first-order chi connectivity index (χ1) is 11.5. The third kappa shape index (κ3) is 3.21. The Hall–Kier alpha value is -2.15. The summed E-state index contributed by atoms with van der Waals surface area (Å²) in [5, 5.41) is 0. The first kappa shape index (κ1) is 16.7. The molecule has 0 N–H and O–H groups in total. The summed E-state index contributed by atoms with van der Waals surface area (Å²) in [6.45, 7) is 7.12. The van der Waals surface area contributed by atoms with Gasteiger partial charge in [-0.2, -0.15) is 0 Å². The summed E-state index contributed by atoms with van der Waals surface area (Å²) in [5.74, 6) is -0.348. The van der Waals surface area contributed by atoms with Crippen molar-refractivity contribution in [2.45, 2.75) is 19.9 Å². The van der Waals surface area contributed by atoms with E-state index in [4.69, 9.17) is 0 Å². The minimum absolute atomic E-state index is 0.118. The van der Waals surface area contributed by atoms with Crippen LogP contribution >= 0.6 is 0 Å². The lowest BCUT2D eigenvalue weighted by molar-refractivity contribution is -0.126. The Labute approximate surface area is 141 Å². The van der Waals surface area contributed by atoms with E-state index in [9.17, 15) is 14.0 Å². The van der Waals surface area contributed by atoms with Gasteiger partial charge in [-0.05, 0) is 26.0 Å². The Morgan fingerprint density at radius 3 is 2.33 bits per heavy atom. The third-order valence-corrected chi connectivity index (χ3v) is 4.52. The minimum Gasteiger partial charge on any atom is -0.367 e. The number of hydrogen-bond acceptors (Lipinski definition) is 4. The van der Waals surface area contributed by atoms with Crippen LogP contribution in [0.4, 0.5) is 14.9 Å². The van der Waals surface area contributed by atoms with Crippen LogP contribution in [0.2, 0.25) is 0 Å². The summed E-state index contributed by atoms with van der Waals surface area (Å²) in [7, 11) is 0. The molecule has 2 aliphatic heterocycles. The molecule has 0 spiro atoms. The van der Waals surface area contributed by atoms with Crippen molar-refractivity contribution < 1.29 is 14.0 Å². The van der Waals surface area contributed by atoms with E-state index in [0.717, 1.165) is 13.1 Å².